The van der Waals surface area contributed by atoms with Gasteiger partial charge in [-0.2, -0.15) is 0 Å². The molecular weight excluding hydrogens is 581 g/mol. The molecule has 43 heavy (non-hydrogen) atoms. The van der Waals surface area contributed by atoms with Crippen LogP contribution in [0.2, 0.25) is 58.9 Å². The Morgan fingerprint density at radius 2 is 0.721 bits per heavy atom. The standard InChI is InChI=1S/C39H58Si4/c1-26-17-20-33(40(8,9)10)36(23-26)43(39-31(6)29(4)30(5)32(39)7,37-24-27(2)18-21-34(37)41(11,12)13)38-25-28(3)19-22-35(38)42(14,15)16/h17-25,31H,1-16H3. The second-order valence-electron chi connectivity index (χ2n) is 16.7. The van der Waals surface area contributed by atoms with Crippen LogP contribution in [-0.4, -0.2) is 32.3 Å². The summed E-state index contributed by atoms with van der Waals surface area (Å²) in [7, 11) is -8.03. The van der Waals surface area contributed by atoms with E-state index >= 15 is 0 Å². The lowest BCUT2D eigenvalue weighted by Crippen LogP contribution is -2.81. The fourth-order valence-electron chi connectivity index (χ4n) is 7.71. The van der Waals surface area contributed by atoms with Crippen molar-refractivity contribution in [3.63, 3.8) is 0 Å². The van der Waals surface area contributed by atoms with Crippen molar-refractivity contribution in [2.45, 2.75) is 107 Å². The van der Waals surface area contributed by atoms with Crippen LogP contribution in [0.25, 0.3) is 0 Å². The molecule has 0 radical (unpaired) electrons. The maximum absolute atomic E-state index is 2.82. The van der Waals surface area contributed by atoms with Crippen LogP contribution >= 0.6 is 0 Å². The van der Waals surface area contributed by atoms with Gasteiger partial charge in [-0.15, -0.1) is 0 Å². The highest BCUT2D eigenvalue weighted by atomic mass is 28.3. The highest BCUT2D eigenvalue weighted by molar-refractivity contribution is 7.22. The van der Waals surface area contributed by atoms with Crippen molar-refractivity contribution in [2.24, 2.45) is 5.92 Å². The molecule has 0 saturated carbocycles. The van der Waals surface area contributed by atoms with Crippen molar-refractivity contribution in [1.82, 2.24) is 0 Å². The number of rotatable bonds is 7. The molecule has 0 spiro atoms. The molecule has 3 aromatic rings. The van der Waals surface area contributed by atoms with Crippen LogP contribution in [-0.2, 0) is 0 Å². The quantitative estimate of drug-likeness (QED) is 0.185. The van der Waals surface area contributed by atoms with Crippen LogP contribution in [0.15, 0.2) is 76.5 Å². The number of hydrogen-bond acceptors (Lipinski definition) is 0. The first-order valence-electron chi connectivity index (χ1n) is 16.4. The van der Waals surface area contributed by atoms with E-state index in [0.29, 0.717) is 5.92 Å². The summed E-state index contributed by atoms with van der Waals surface area (Å²) in [4.78, 5) is 0. The van der Waals surface area contributed by atoms with Crippen molar-refractivity contribution < 1.29 is 0 Å². The molecule has 0 heterocycles. The summed E-state index contributed by atoms with van der Waals surface area (Å²) >= 11 is 0. The molecule has 230 valence electrons. The van der Waals surface area contributed by atoms with Gasteiger partial charge in [-0.1, -0.05) is 169 Å². The van der Waals surface area contributed by atoms with E-state index in [9.17, 15) is 0 Å². The molecular formula is C39H58Si4. The van der Waals surface area contributed by atoms with E-state index in [1.54, 1.807) is 47.5 Å². The third kappa shape index (κ3) is 5.90. The second kappa shape index (κ2) is 11.4. The summed E-state index contributed by atoms with van der Waals surface area (Å²) in [5.74, 6) is 0.423. The topological polar surface area (TPSA) is 0 Å². The van der Waals surface area contributed by atoms with Gasteiger partial charge < -0.3 is 0 Å². The lowest BCUT2D eigenvalue weighted by atomic mass is 10.1. The van der Waals surface area contributed by atoms with Gasteiger partial charge in [0.15, 0.2) is 8.07 Å². The minimum absolute atomic E-state index is 0.423. The van der Waals surface area contributed by atoms with Crippen molar-refractivity contribution in [3.05, 3.63) is 93.2 Å². The smallest absolute Gasteiger partial charge is 0.0656 e. The minimum atomic E-state index is -2.82. The molecule has 1 atom stereocenters. The molecule has 0 nitrogen and oxygen atoms in total. The van der Waals surface area contributed by atoms with Crippen LogP contribution in [0.1, 0.15) is 44.4 Å². The van der Waals surface area contributed by atoms with E-state index in [-0.39, 0.29) is 0 Å². The number of allylic oxidation sites excluding steroid dienone is 4. The summed E-state index contributed by atoms with van der Waals surface area (Å²) in [6.07, 6.45) is 0. The Labute approximate surface area is 268 Å². The zero-order valence-electron chi connectivity index (χ0n) is 30.3. The Balaban J connectivity index is 2.51. The van der Waals surface area contributed by atoms with Gasteiger partial charge in [-0.05, 0) is 68.6 Å². The Bertz CT molecular complexity index is 1480. The lowest BCUT2D eigenvalue weighted by Gasteiger charge is -2.45. The number of hydrogen-bond donors (Lipinski definition) is 0. The van der Waals surface area contributed by atoms with Gasteiger partial charge in [0.1, 0.15) is 0 Å². The van der Waals surface area contributed by atoms with Crippen LogP contribution in [0.3, 0.4) is 0 Å². The van der Waals surface area contributed by atoms with E-state index in [2.05, 4.69) is 162 Å². The Hall–Kier alpha value is -1.99. The summed E-state index contributed by atoms with van der Waals surface area (Å²) in [5.41, 5.74) is 8.82. The van der Waals surface area contributed by atoms with Gasteiger partial charge >= 0.3 is 0 Å². The molecule has 0 bridgehead atoms. The van der Waals surface area contributed by atoms with Crippen molar-refractivity contribution in [2.75, 3.05) is 0 Å². The molecule has 1 unspecified atom stereocenters. The lowest BCUT2D eigenvalue weighted by molar-refractivity contribution is 0.852. The molecule has 0 amide bonds. The number of benzene rings is 3. The van der Waals surface area contributed by atoms with E-state index in [0.717, 1.165) is 0 Å². The zero-order chi connectivity index (χ0) is 32.4. The average Bonchev–Trinajstić information content (AvgIpc) is 3.06. The van der Waals surface area contributed by atoms with Crippen LogP contribution in [0.5, 0.6) is 0 Å². The molecule has 4 heteroatoms. The highest BCUT2D eigenvalue weighted by Gasteiger charge is 2.53. The SMILES string of the molecule is CC1=C(C)C(C)C([Si](c2cc(C)ccc2[Si](C)(C)C)(c2cc(C)ccc2[Si](C)(C)C)c2cc(C)ccc2[Si](C)(C)C)=C1C. The van der Waals surface area contributed by atoms with E-state index in [1.165, 1.54) is 22.3 Å². The predicted molar refractivity (Wildman–Crippen MR) is 207 cm³/mol. The normalized spacial score (nSPS) is 16.9. The largest absolute Gasteiger partial charge is 0.176 e. The Morgan fingerprint density at radius 1 is 0.419 bits per heavy atom. The molecule has 0 aromatic heterocycles. The Morgan fingerprint density at radius 3 is 0.953 bits per heavy atom. The molecule has 0 aliphatic heterocycles. The first-order valence-corrected chi connectivity index (χ1v) is 28.9. The molecule has 0 fully saturated rings. The van der Waals surface area contributed by atoms with Gasteiger partial charge in [-0.3, -0.25) is 0 Å². The first kappa shape index (κ1) is 33.9. The van der Waals surface area contributed by atoms with Crippen molar-refractivity contribution >= 4 is 63.4 Å². The minimum Gasteiger partial charge on any atom is -0.0656 e. The highest BCUT2D eigenvalue weighted by Crippen LogP contribution is 2.41. The van der Waals surface area contributed by atoms with E-state index in [1.807, 2.05) is 0 Å². The van der Waals surface area contributed by atoms with Gasteiger partial charge in [0.25, 0.3) is 0 Å². The van der Waals surface area contributed by atoms with Crippen LogP contribution in [0.4, 0.5) is 0 Å². The summed E-state index contributed by atoms with van der Waals surface area (Å²) in [6, 6.07) is 22.9. The van der Waals surface area contributed by atoms with Crippen molar-refractivity contribution in [3.8, 4) is 0 Å². The molecule has 0 saturated heterocycles. The van der Waals surface area contributed by atoms with Crippen LogP contribution < -0.4 is 31.1 Å². The number of aryl methyl sites for hydroxylation is 3. The maximum Gasteiger partial charge on any atom is 0.176 e. The third-order valence-corrected chi connectivity index (χ3v) is 22.4. The molecule has 1 aliphatic rings. The summed E-state index contributed by atoms with van der Waals surface area (Å²) in [5, 5.41) is 11.8. The second-order valence-corrected chi connectivity index (χ2v) is 35.5. The monoisotopic (exact) mass is 638 g/mol. The fraction of sp³-hybridized carbons (Fsp3) is 0.436. The van der Waals surface area contributed by atoms with Gasteiger partial charge in [0.05, 0.1) is 24.2 Å². The van der Waals surface area contributed by atoms with Gasteiger partial charge in [0, 0.05) is 0 Å². The maximum atomic E-state index is 2.67. The molecule has 4 rings (SSSR count). The van der Waals surface area contributed by atoms with Crippen molar-refractivity contribution in [1.29, 1.82) is 0 Å². The Kier molecular flexibility index (Phi) is 9.00. The first-order chi connectivity index (χ1) is 19.6. The third-order valence-electron chi connectivity index (χ3n) is 10.2. The fourth-order valence-corrected chi connectivity index (χ4v) is 23.3. The molecule has 1 aliphatic carbocycles. The molecule has 0 N–H and O–H groups in total. The van der Waals surface area contributed by atoms with Crippen LogP contribution in [0, 0.1) is 26.7 Å². The average molecular weight is 639 g/mol. The zero-order valence-corrected chi connectivity index (χ0v) is 34.3. The predicted octanol–water partition coefficient (Wildman–Crippen LogP) is 7.56. The van der Waals surface area contributed by atoms with E-state index in [4.69, 9.17) is 0 Å². The molecule has 3 aromatic carbocycles. The van der Waals surface area contributed by atoms with E-state index < -0.39 is 32.3 Å². The summed E-state index contributed by atoms with van der Waals surface area (Å²) < 4.78 is 0. The van der Waals surface area contributed by atoms with Gasteiger partial charge in [0.2, 0.25) is 0 Å². The summed E-state index contributed by atoms with van der Waals surface area (Å²) in [6.45, 7) is 39.9. The van der Waals surface area contributed by atoms with Gasteiger partial charge in [-0.25, -0.2) is 0 Å².